The topological polar surface area (TPSA) is 46.5 Å². The molecule has 0 aliphatic rings. The second kappa shape index (κ2) is 12.7. The standard InChI is InChI=1S/C15H30O3/c1-3-4-5-6-7-8-9-10-11-12-13-14(2)18-15(16)17/h14H,3-13H2,1-2H3,(H,16,17). The molecule has 108 valence electrons. The summed E-state index contributed by atoms with van der Waals surface area (Å²) < 4.78 is 4.65. The minimum absolute atomic E-state index is 0.156. The van der Waals surface area contributed by atoms with Crippen molar-refractivity contribution in [3.63, 3.8) is 0 Å². The number of carboxylic acid groups (broad SMARTS) is 1. The highest BCUT2D eigenvalue weighted by atomic mass is 16.7. The van der Waals surface area contributed by atoms with Crippen LogP contribution in [0.3, 0.4) is 0 Å². The molecule has 0 aliphatic carbocycles. The lowest BCUT2D eigenvalue weighted by Gasteiger charge is -2.09. The quantitative estimate of drug-likeness (QED) is 0.377. The van der Waals surface area contributed by atoms with Crippen LogP contribution in [-0.2, 0) is 4.74 Å². The first-order valence-corrected chi connectivity index (χ1v) is 7.56. The smallest absolute Gasteiger partial charge is 0.450 e. The largest absolute Gasteiger partial charge is 0.506 e. The van der Waals surface area contributed by atoms with E-state index in [4.69, 9.17) is 5.11 Å². The predicted octanol–water partition coefficient (Wildman–Crippen LogP) is 5.38. The normalized spacial score (nSPS) is 12.3. The summed E-state index contributed by atoms with van der Waals surface area (Å²) in [6.07, 6.45) is 12.6. The van der Waals surface area contributed by atoms with E-state index in [1.807, 2.05) is 6.92 Å². The molecule has 0 rings (SSSR count). The number of hydrogen-bond acceptors (Lipinski definition) is 2. The van der Waals surface area contributed by atoms with Gasteiger partial charge in [0.05, 0.1) is 0 Å². The van der Waals surface area contributed by atoms with Crippen LogP contribution in [0.5, 0.6) is 0 Å². The van der Waals surface area contributed by atoms with Gasteiger partial charge >= 0.3 is 6.16 Å². The Kier molecular flexibility index (Phi) is 12.2. The molecule has 0 amide bonds. The van der Waals surface area contributed by atoms with Crippen molar-refractivity contribution in [1.29, 1.82) is 0 Å². The Bertz CT molecular complexity index is 192. The van der Waals surface area contributed by atoms with E-state index in [0.717, 1.165) is 12.8 Å². The van der Waals surface area contributed by atoms with E-state index in [0.29, 0.717) is 0 Å². The maximum absolute atomic E-state index is 10.3. The molecule has 0 bridgehead atoms. The fourth-order valence-corrected chi connectivity index (χ4v) is 2.15. The SMILES string of the molecule is CCCCCCCCCCCCC(C)OC(=O)O. The first-order chi connectivity index (χ1) is 8.66. The van der Waals surface area contributed by atoms with Gasteiger partial charge in [0.1, 0.15) is 6.10 Å². The van der Waals surface area contributed by atoms with E-state index in [1.54, 1.807) is 0 Å². The lowest BCUT2D eigenvalue weighted by atomic mass is 10.1. The molecule has 0 saturated heterocycles. The van der Waals surface area contributed by atoms with Crippen LogP contribution in [-0.4, -0.2) is 17.4 Å². The van der Waals surface area contributed by atoms with Gasteiger partial charge in [-0.3, -0.25) is 0 Å². The summed E-state index contributed by atoms with van der Waals surface area (Å²) in [7, 11) is 0. The van der Waals surface area contributed by atoms with E-state index in [-0.39, 0.29) is 6.10 Å². The molecule has 0 radical (unpaired) electrons. The zero-order chi connectivity index (χ0) is 13.6. The molecule has 0 saturated carbocycles. The maximum atomic E-state index is 10.3. The van der Waals surface area contributed by atoms with Crippen molar-refractivity contribution in [3.05, 3.63) is 0 Å². The van der Waals surface area contributed by atoms with Gasteiger partial charge in [-0.1, -0.05) is 64.7 Å². The summed E-state index contributed by atoms with van der Waals surface area (Å²) in [5.74, 6) is 0. The van der Waals surface area contributed by atoms with Crippen LogP contribution in [0.4, 0.5) is 4.79 Å². The first-order valence-electron chi connectivity index (χ1n) is 7.56. The third-order valence-electron chi connectivity index (χ3n) is 3.27. The minimum atomic E-state index is -1.16. The van der Waals surface area contributed by atoms with Crippen LogP contribution in [0.25, 0.3) is 0 Å². The van der Waals surface area contributed by atoms with Crippen molar-refractivity contribution in [1.82, 2.24) is 0 Å². The van der Waals surface area contributed by atoms with Crippen LogP contribution >= 0.6 is 0 Å². The third-order valence-corrected chi connectivity index (χ3v) is 3.27. The minimum Gasteiger partial charge on any atom is -0.450 e. The molecule has 0 aromatic rings. The highest BCUT2D eigenvalue weighted by Crippen LogP contribution is 2.12. The van der Waals surface area contributed by atoms with Crippen molar-refractivity contribution in [2.75, 3.05) is 0 Å². The van der Waals surface area contributed by atoms with Gasteiger partial charge < -0.3 is 9.84 Å². The molecule has 18 heavy (non-hydrogen) atoms. The van der Waals surface area contributed by atoms with Crippen LogP contribution in [0.2, 0.25) is 0 Å². The highest BCUT2D eigenvalue weighted by molar-refractivity contribution is 5.56. The van der Waals surface area contributed by atoms with Crippen LogP contribution in [0, 0.1) is 0 Å². The Morgan fingerprint density at radius 2 is 1.39 bits per heavy atom. The fourth-order valence-electron chi connectivity index (χ4n) is 2.15. The summed E-state index contributed by atoms with van der Waals surface area (Å²) in [4.78, 5) is 10.3. The fraction of sp³-hybridized carbons (Fsp3) is 0.933. The second-order valence-corrected chi connectivity index (χ2v) is 5.17. The van der Waals surface area contributed by atoms with Gasteiger partial charge in [-0.25, -0.2) is 4.79 Å². The predicted molar refractivity (Wildman–Crippen MR) is 75.0 cm³/mol. The molecule has 0 heterocycles. The number of carbonyl (C=O) groups is 1. The number of hydrogen-bond donors (Lipinski definition) is 1. The number of rotatable bonds is 12. The average molecular weight is 258 g/mol. The van der Waals surface area contributed by atoms with Crippen molar-refractivity contribution in [2.24, 2.45) is 0 Å². The summed E-state index contributed by atoms with van der Waals surface area (Å²) in [6, 6.07) is 0. The summed E-state index contributed by atoms with van der Waals surface area (Å²) in [5.41, 5.74) is 0. The van der Waals surface area contributed by atoms with E-state index < -0.39 is 6.16 Å². The molecule has 3 nitrogen and oxygen atoms in total. The Balaban J connectivity index is 3.09. The molecular formula is C15H30O3. The molecule has 0 spiro atoms. The molecule has 0 aromatic heterocycles. The van der Waals surface area contributed by atoms with E-state index >= 15 is 0 Å². The van der Waals surface area contributed by atoms with Gasteiger partial charge in [-0.05, 0) is 19.8 Å². The van der Waals surface area contributed by atoms with Gasteiger partial charge in [-0.15, -0.1) is 0 Å². The number of ether oxygens (including phenoxy) is 1. The van der Waals surface area contributed by atoms with Crippen LogP contribution in [0.1, 0.15) is 84.5 Å². The Labute approximate surface area is 112 Å². The monoisotopic (exact) mass is 258 g/mol. The summed E-state index contributed by atoms with van der Waals surface area (Å²) >= 11 is 0. The Morgan fingerprint density at radius 1 is 0.944 bits per heavy atom. The molecule has 1 atom stereocenters. The summed E-state index contributed by atoms with van der Waals surface area (Å²) in [5, 5.41) is 8.42. The second-order valence-electron chi connectivity index (χ2n) is 5.17. The number of unbranched alkanes of at least 4 members (excludes halogenated alkanes) is 9. The average Bonchev–Trinajstić information content (AvgIpc) is 2.30. The van der Waals surface area contributed by atoms with Gasteiger partial charge in [0.2, 0.25) is 0 Å². The molecule has 0 aromatic carbocycles. The van der Waals surface area contributed by atoms with E-state index in [1.165, 1.54) is 57.8 Å². The maximum Gasteiger partial charge on any atom is 0.506 e. The van der Waals surface area contributed by atoms with Gasteiger partial charge in [0.15, 0.2) is 0 Å². The van der Waals surface area contributed by atoms with Gasteiger partial charge in [0, 0.05) is 0 Å². The molecular weight excluding hydrogens is 228 g/mol. The lowest BCUT2D eigenvalue weighted by Crippen LogP contribution is -2.12. The van der Waals surface area contributed by atoms with Gasteiger partial charge in [-0.2, -0.15) is 0 Å². The van der Waals surface area contributed by atoms with Crippen molar-refractivity contribution >= 4 is 6.16 Å². The third kappa shape index (κ3) is 13.3. The summed E-state index contributed by atoms with van der Waals surface area (Å²) in [6.45, 7) is 4.07. The van der Waals surface area contributed by atoms with E-state index in [2.05, 4.69) is 11.7 Å². The van der Waals surface area contributed by atoms with Crippen molar-refractivity contribution < 1.29 is 14.6 Å². The lowest BCUT2D eigenvalue weighted by molar-refractivity contribution is 0.0548. The highest BCUT2D eigenvalue weighted by Gasteiger charge is 2.06. The zero-order valence-corrected chi connectivity index (χ0v) is 12.1. The molecule has 0 fully saturated rings. The van der Waals surface area contributed by atoms with Crippen LogP contribution < -0.4 is 0 Å². The Morgan fingerprint density at radius 3 is 1.83 bits per heavy atom. The van der Waals surface area contributed by atoms with Crippen molar-refractivity contribution in [2.45, 2.75) is 90.6 Å². The van der Waals surface area contributed by atoms with Crippen LogP contribution in [0.15, 0.2) is 0 Å². The zero-order valence-electron chi connectivity index (χ0n) is 12.1. The molecule has 0 aliphatic heterocycles. The molecule has 1 unspecified atom stereocenters. The first kappa shape index (κ1) is 17.3. The molecule has 3 heteroatoms. The molecule has 1 N–H and O–H groups in total. The Hall–Kier alpha value is -0.730. The van der Waals surface area contributed by atoms with Crippen molar-refractivity contribution in [3.8, 4) is 0 Å². The van der Waals surface area contributed by atoms with Gasteiger partial charge in [0.25, 0.3) is 0 Å². The van der Waals surface area contributed by atoms with E-state index in [9.17, 15) is 4.79 Å².